The van der Waals surface area contributed by atoms with Crippen LogP contribution in [-0.2, 0) is 0 Å². The van der Waals surface area contributed by atoms with Crippen LogP contribution in [0.4, 0.5) is 0 Å². The number of hydrogen-bond acceptors (Lipinski definition) is 0. The van der Waals surface area contributed by atoms with Crippen LogP contribution in [0.3, 0.4) is 0 Å². The fourth-order valence-corrected chi connectivity index (χ4v) is 7.41. The minimum Gasteiger partial charge on any atom is -0.0654 e. The predicted octanol–water partition coefficient (Wildman–Crippen LogP) is 18.0. The van der Waals surface area contributed by atoms with Crippen molar-refractivity contribution in [2.45, 2.75) is 290 Å². The van der Waals surface area contributed by atoms with Gasteiger partial charge >= 0.3 is 0 Å². The lowest BCUT2D eigenvalue weighted by molar-refractivity contribution is 0.515. The molecule has 0 atom stereocenters. The zero-order chi connectivity index (χ0) is 33.1. The molecule has 0 heteroatoms. The molecule has 0 aromatic carbocycles. The normalized spacial score (nSPS) is 11.6. The van der Waals surface area contributed by atoms with E-state index >= 15 is 0 Å². The average molecular weight is 646 g/mol. The van der Waals surface area contributed by atoms with Crippen molar-refractivity contribution in [3.8, 4) is 0 Å². The third-order valence-corrected chi connectivity index (χ3v) is 10.8. The van der Waals surface area contributed by atoms with Crippen molar-refractivity contribution >= 4 is 0 Å². The first-order valence-corrected chi connectivity index (χ1v) is 22.7. The van der Waals surface area contributed by atoms with Gasteiger partial charge in [-0.1, -0.05) is 290 Å². The third kappa shape index (κ3) is 44.0. The minimum atomic E-state index is 1.37. The van der Waals surface area contributed by atoms with E-state index in [-0.39, 0.29) is 0 Å². The van der Waals surface area contributed by atoms with E-state index in [4.69, 9.17) is 0 Å². The van der Waals surface area contributed by atoms with Gasteiger partial charge in [0.05, 0.1) is 0 Å². The molecule has 277 valence electrons. The summed E-state index contributed by atoms with van der Waals surface area (Å²) >= 11 is 0. The Hall–Kier alpha value is 0. The Balaban J connectivity index is 3.03. The molecule has 0 aromatic rings. The molecule has 46 heavy (non-hydrogen) atoms. The largest absolute Gasteiger partial charge is 0.0654 e. The van der Waals surface area contributed by atoms with E-state index in [9.17, 15) is 0 Å². The summed E-state index contributed by atoms with van der Waals surface area (Å²) in [5, 5.41) is 0. The van der Waals surface area contributed by atoms with E-state index in [2.05, 4.69) is 20.3 Å². The second kappa shape index (κ2) is 45.0. The van der Waals surface area contributed by atoms with Crippen LogP contribution in [0.1, 0.15) is 290 Å². The SMILES string of the molecule is CCCCCCCCCCCCCCCCCC[CH]CCCCCCCCCCCCCCCCCCCCCCCCCCC. The monoisotopic (exact) mass is 646 g/mol. The molecule has 0 spiro atoms. The van der Waals surface area contributed by atoms with Crippen LogP contribution in [-0.4, -0.2) is 0 Å². The Kier molecular flexibility index (Phi) is 45.0. The third-order valence-electron chi connectivity index (χ3n) is 10.8. The van der Waals surface area contributed by atoms with Gasteiger partial charge in [-0.25, -0.2) is 0 Å². The lowest BCUT2D eigenvalue weighted by Gasteiger charge is -2.05. The molecule has 0 amide bonds. The molecule has 0 N–H and O–H groups in total. The summed E-state index contributed by atoms with van der Waals surface area (Å²) in [5.74, 6) is 0. The van der Waals surface area contributed by atoms with E-state index in [1.54, 1.807) is 0 Å². The van der Waals surface area contributed by atoms with Crippen molar-refractivity contribution in [3.05, 3.63) is 6.42 Å². The molecule has 1 radical (unpaired) electrons. The topological polar surface area (TPSA) is 0 Å². The molecule has 0 bridgehead atoms. The highest BCUT2D eigenvalue weighted by Crippen LogP contribution is 2.18. The Morgan fingerprint density at radius 2 is 0.304 bits per heavy atom. The molecular weight excluding hydrogens is 553 g/mol. The molecular formula is C46H93. The Morgan fingerprint density at radius 3 is 0.457 bits per heavy atom. The maximum atomic E-state index is 2.60. The quantitative estimate of drug-likeness (QED) is 0.0579. The molecule has 0 aliphatic carbocycles. The second-order valence-corrected chi connectivity index (χ2v) is 15.7. The van der Waals surface area contributed by atoms with Crippen LogP contribution in [0.15, 0.2) is 0 Å². The van der Waals surface area contributed by atoms with E-state index in [0.717, 1.165) is 0 Å². The maximum absolute atomic E-state index is 2.60. The average Bonchev–Trinajstić information content (AvgIpc) is 3.07. The van der Waals surface area contributed by atoms with Gasteiger partial charge in [0.2, 0.25) is 0 Å². The summed E-state index contributed by atoms with van der Waals surface area (Å²) in [5.41, 5.74) is 0. The number of unbranched alkanes of at least 4 members (excludes halogenated alkanes) is 43. The van der Waals surface area contributed by atoms with E-state index in [1.807, 2.05) is 0 Å². The van der Waals surface area contributed by atoms with Gasteiger partial charge in [0.25, 0.3) is 0 Å². The lowest BCUT2D eigenvalue weighted by atomic mass is 10.0. The standard InChI is InChI=1S/C46H93/c1-3-5-7-9-11-13-15-17-19-21-23-25-27-29-31-33-35-37-39-41-43-45-46-44-42-40-38-36-34-32-30-28-26-24-22-20-18-16-14-12-10-8-6-4-2/h37H,3-36,38-46H2,1-2H3. The van der Waals surface area contributed by atoms with Crippen LogP contribution >= 0.6 is 0 Å². The van der Waals surface area contributed by atoms with Crippen LogP contribution < -0.4 is 0 Å². The Labute approximate surface area is 295 Å². The highest BCUT2D eigenvalue weighted by molar-refractivity contribution is 4.65. The van der Waals surface area contributed by atoms with Crippen molar-refractivity contribution in [1.82, 2.24) is 0 Å². The fraction of sp³-hybridized carbons (Fsp3) is 0.978. The highest BCUT2D eigenvalue weighted by Gasteiger charge is 1.98. The predicted molar refractivity (Wildman–Crippen MR) is 214 cm³/mol. The zero-order valence-electron chi connectivity index (χ0n) is 33.0. The van der Waals surface area contributed by atoms with Crippen molar-refractivity contribution in [1.29, 1.82) is 0 Å². The zero-order valence-corrected chi connectivity index (χ0v) is 33.0. The maximum Gasteiger partial charge on any atom is -0.0386 e. The van der Waals surface area contributed by atoms with Gasteiger partial charge in [-0.2, -0.15) is 0 Å². The molecule has 0 saturated heterocycles. The summed E-state index contributed by atoms with van der Waals surface area (Å²) in [6.07, 6.45) is 65.9. The molecule has 0 fully saturated rings. The second-order valence-electron chi connectivity index (χ2n) is 15.7. The van der Waals surface area contributed by atoms with Crippen LogP contribution in [0.2, 0.25) is 0 Å². The van der Waals surface area contributed by atoms with Crippen molar-refractivity contribution in [2.75, 3.05) is 0 Å². The van der Waals surface area contributed by atoms with Gasteiger partial charge in [-0.05, 0) is 6.42 Å². The van der Waals surface area contributed by atoms with Gasteiger partial charge in [0.15, 0.2) is 0 Å². The van der Waals surface area contributed by atoms with Gasteiger partial charge in [-0.15, -0.1) is 0 Å². The molecule has 0 aromatic heterocycles. The van der Waals surface area contributed by atoms with Crippen LogP contribution in [0, 0.1) is 6.42 Å². The summed E-state index contributed by atoms with van der Waals surface area (Å²) < 4.78 is 0. The highest BCUT2D eigenvalue weighted by atomic mass is 14.0. The first-order valence-electron chi connectivity index (χ1n) is 22.7. The molecule has 0 nitrogen and oxygen atoms in total. The number of hydrogen-bond donors (Lipinski definition) is 0. The van der Waals surface area contributed by atoms with Crippen molar-refractivity contribution < 1.29 is 0 Å². The van der Waals surface area contributed by atoms with Gasteiger partial charge in [-0.3, -0.25) is 0 Å². The van der Waals surface area contributed by atoms with Gasteiger partial charge < -0.3 is 0 Å². The first-order chi connectivity index (χ1) is 22.9. The summed E-state index contributed by atoms with van der Waals surface area (Å²) in [7, 11) is 0. The fourth-order valence-electron chi connectivity index (χ4n) is 7.41. The lowest BCUT2D eigenvalue weighted by Crippen LogP contribution is -1.85. The summed E-state index contributed by atoms with van der Waals surface area (Å²) in [4.78, 5) is 0. The molecule has 0 aliphatic rings. The van der Waals surface area contributed by atoms with E-state index < -0.39 is 0 Å². The first kappa shape index (κ1) is 46.0. The van der Waals surface area contributed by atoms with Gasteiger partial charge in [0.1, 0.15) is 0 Å². The van der Waals surface area contributed by atoms with Crippen molar-refractivity contribution in [2.24, 2.45) is 0 Å². The molecule has 0 unspecified atom stereocenters. The molecule has 0 rings (SSSR count). The van der Waals surface area contributed by atoms with E-state index in [1.165, 1.54) is 276 Å². The molecule has 0 heterocycles. The Morgan fingerprint density at radius 1 is 0.174 bits per heavy atom. The van der Waals surface area contributed by atoms with Gasteiger partial charge in [0, 0.05) is 0 Å². The van der Waals surface area contributed by atoms with E-state index in [0.29, 0.717) is 0 Å². The summed E-state index contributed by atoms with van der Waals surface area (Å²) in [6.45, 7) is 4.62. The Bertz CT molecular complexity index is 436. The van der Waals surface area contributed by atoms with Crippen LogP contribution in [0.5, 0.6) is 0 Å². The molecule has 0 saturated carbocycles. The van der Waals surface area contributed by atoms with Crippen LogP contribution in [0.25, 0.3) is 0 Å². The minimum absolute atomic E-state index is 1.37. The summed E-state index contributed by atoms with van der Waals surface area (Å²) in [6, 6.07) is 0. The van der Waals surface area contributed by atoms with Crippen molar-refractivity contribution in [3.63, 3.8) is 0 Å². The number of rotatable bonds is 43. The molecule has 0 aliphatic heterocycles. The smallest absolute Gasteiger partial charge is 0.0386 e.